The number of aromatic nitrogens is 1. The summed E-state index contributed by atoms with van der Waals surface area (Å²) in [6, 6.07) is 3.14. The lowest BCUT2D eigenvalue weighted by atomic mass is 9.73. The van der Waals surface area contributed by atoms with Crippen LogP contribution in [-0.2, 0) is 16.1 Å². The molecule has 1 atom stereocenters. The summed E-state index contributed by atoms with van der Waals surface area (Å²) in [5, 5.41) is 2.36. The van der Waals surface area contributed by atoms with Crippen molar-refractivity contribution in [2.75, 3.05) is 26.2 Å². The Morgan fingerprint density at radius 2 is 2.15 bits per heavy atom. The maximum atomic E-state index is 12.4. The predicted molar refractivity (Wildman–Crippen MR) is 94.7 cm³/mol. The Morgan fingerprint density at radius 1 is 1.31 bits per heavy atom. The van der Waals surface area contributed by atoms with Gasteiger partial charge in [-0.15, -0.1) is 0 Å². The van der Waals surface area contributed by atoms with Gasteiger partial charge in [0.1, 0.15) is 0 Å². The molecule has 1 aromatic heterocycles. The van der Waals surface area contributed by atoms with Crippen molar-refractivity contribution in [1.82, 2.24) is 20.1 Å². The predicted octanol–water partition coefficient (Wildman–Crippen LogP) is 0.481. The van der Waals surface area contributed by atoms with Crippen molar-refractivity contribution in [3.05, 3.63) is 30.1 Å². The molecule has 0 saturated carbocycles. The summed E-state index contributed by atoms with van der Waals surface area (Å²) in [4.78, 5) is 43.3. The molecule has 1 aromatic rings. The monoisotopic (exact) mass is 359 g/mol. The molecule has 8 nitrogen and oxygen atoms in total. The van der Waals surface area contributed by atoms with E-state index in [2.05, 4.69) is 10.3 Å². The van der Waals surface area contributed by atoms with Crippen LogP contribution in [-0.4, -0.2) is 58.8 Å². The van der Waals surface area contributed by atoms with E-state index in [-0.39, 0.29) is 23.8 Å². The van der Waals surface area contributed by atoms with E-state index in [0.717, 1.165) is 24.8 Å². The van der Waals surface area contributed by atoms with Gasteiger partial charge in [0, 0.05) is 50.4 Å². The highest BCUT2D eigenvalue weighted by Gasteiger charge is 2.42. The molecule has 26 heavy (non-hydrogen) atoms. The number of carbonyl (C=O) groups is 3. The zero-order valence-electron chi connectivity index (χ0n) is 14.8. The second-order valence-electron chi connectivity index (χ2n) is 7.25. The number of piperidine rings is 2. The van der Waals surface area contributed by atoms with E-state index in [1.54, 1.807) is 17.3 Å². The minimum absolute atomic E-state index is 0.0727. The Bertz CT molecular complexity index is 681. The van der Waals surface area contributed by atoms with E-state index in [9.17, 15) is 14.4 Å². The highest BCUT2D eigenvalue weighted by molar-refractivity contribution is 5.83. The number of amides is 4. The maximum Gasteiger partial charge on any atom is 0.312 e. The van der Waals surface area contributed by atoms with E-state index < -0.39 is 6.03 Å². The maximum absolute atomic E-state index is 12.4. The number of pyridine rings is 1. The van der Waals surface area contributed by atoms with Crippen LogP contribution in [0.1, 0.15) is 31.2 Å². The fourth-order valence-corrected chi connectivity index (χ4v) is 3.99. The zero-order chi connectivity index (χ0) is 18.6. The van der Waals surface area contributed by atoms with E-state index in [1.165, 1.54) is 0 Å². The van der Waals surface area contributed by atoms with E-state index in [0.29, 0.717) is 32.6 Å². The summed E-state index contributed by atoms with van der Waals surface area (Å²) >= 11 is 0. The lowest BCUT2D eigenvalue weighted by Crippen LogP contribution is -2.56. The Labute approximate surface area is 152 Å². The summed E-state index contributed by atoms with van der Waals surface area (Å²) in [7, 11) is 0. The molecule has 0 aliphatic carbocycles. The molecule has 140 valence electrons. The third-order valence-electron chi connectivity index (χ3n) is 5.27. The molecule has 0 radical (unpaired) electrons. The molecule has 0 aromatic carbocycles. The third kappa shape index (κ3) is 4.30. The molecule has 2 aliphatic heterocycles. The molecule has 1 unspecified atom stereocenters. The number of nitrogens with one attached hydrogen (secondary N) is 1. The summed E-state index contributed by atoms with van der Waals surface area (Å²) in [5.41, 5.74) is 5.98. The molecule has 2 fully saturated rings. The van der Waals surface area contributed by atoms with Crippen molar-refractivity contribution in [1.29, 1.82) is 0 Å². The van der Waals surface area contributed by atoms with Crippen LogP contribution < -0.4 is 11.1 Å². The quantitative estimate of drug-likeness (QED) is 0.815. The van der Waals surface area contributed by atoms with Gasteiger partial charge in [-0.3, -0.25) is 14.6 Å². The number of rotatable bonds is 4. The topological polar surface area (TPSA) is 109 Å². The van der Waals surface area contributed by atoms with Gasteiger partial charge >= 0.3 is 6.03 Å². The molecular weight excluding hydrogens is 334 g/mol. The molecule has 4 amide bonds. The van der Waals surface area contributed by atoms with Crippen LogP contribution >= 0.6 is 0 Å². The first-order valence-corrected chi connectivity index (χ1v) is 8.95. The molecule has 2 aliphatic rings. The molecule has 1 spiro atoms. The first-order chi connectivity index (χ1) is 12.5. The van der Waals surface area contributed by atoms with Crippen molar-refractivity contribution < 1.29 is 14.4 Å². The molecule has 0 bridgehead atoms. The number of nitrogens with zero attached hydrogens (tertiary/aromatic N) is 3. The number of carbonyl (C=O) groups excluding carboxylic acids is 3. The molecule has 3 rings (SSSR count). The summed E-state index contributed by atoms with van der Waals surface area (Å²) < 4.78 is 0. The third-order valence-corrected chi connectivity index (χ3v) is 5.27. The molecule has 3 N–H and O–H groups in total. The summed E-state index contributed by atoms with van der Waals surface area (Å²) in [6.07, 6.45) is 6.69. The van der Waals surface area contributed by atoms with Crippen LogP contribution in [0.4, 0.5) is 4.79 Å². The Kier molecular flexibility index (Phi) is 5.39. The lowest BCUT2D eigenvalue weighted by molar-refractivity contribution is -0.143. The SMILES string of the molecule is NC(=O)NCC(=O)N1CCCC2(CCC(=O)N(Cc3cccnc3)C2)C1. The van der Waals surface area contributed by atoms with E-state index >= 15 is 0 Å². The van der Waals surface area contributed by atoms with Gasteiger partial charge in [0.15, 0.2) is 0 Å². The van der Waals surface area contributed by atoms with Crippen LogP contribution in [0.2, 0.25) is 0 Å². The Hall–Kier alpha value is -2.64. The number of hydrogen-bond donors (Lipinski definition) is 2. The van der Waals surface area contributed by atoms with Crippen LogP contribution in [0.5, 0.6) is 0 Å². The van der Waals surface area contributed by atoms with Crippen molar-refractivity contribution >= 4 is 17.8 Å². The van der Waals surface area contributed by atoms with Gasteiger partial charge in [0.05, 0.1) is 6.54 Å². The normalized spacial score (nSPS) is 23.2. The minimum Gasteiger partial charge on any atom is -0.352 e. The molecule has 8 heteroatoms. The second-order valence-corrected chi connectivity index (χ2v) is 7.25. The van der Waals surface area contributed by atoms with Gasteiger partial charge in [-0.25, -0.2) is 4.79 Å². The number of nitrogens with two attached hydrogens (primary N) is 1. The van der Waals surface area contributed by atoms with Crippen molar-refractivity contribution in [2.45, 2.75) is 32.2 Å². The number of primary amides is 1. The average molecular weight is 359 g/mol. The molecule has 3 heterocycles. The summed E-state index contributed by atoms with van der Waals surface area (Å²) in [5.74, 6) is 0.0249. The number of urea groups is 1. The van der Waals surface area contributed by atoms with Gasteiger partial charge in [-0.1, -0.05) is 6.07 Å². The fourth-order valence-electron chi connectivity index (χ4n) is 3.99. The number of likely N-dealkylation sites (tertiary alicyclic amines) is 2. The van der Waals surface area contributed by atoms with E-state index in [4.69, 9.17) is 5.73 Å². The number of hydrogen-bond acceptors (Lipinski definition) is 4. The average Bonchev–Trinajstić information content (AvgIpc) is 2.64. The highest BCUT2D eigenvalue weighted by atomic mass is 16.2. The highest BCUT2D eigenvalue weighted by Crippen LogP contribution is 2.39. The van der Waals surface area contributed by atoms with E-state index in [1.807, 2.05) is 17.0 Å². The Morgan fingerprint density at radius 3 is 2.88 bits per heavy atom. The largest absolute Gasteiger partial charge is 0.352 e. The van der Waals surface area contributed by atoms with Gasteiger partial charge < -0.3 is 20.9 Å². The summed E-state index contributed by atoms with van der Waals surface area (Å²) in [6.45, 7) is 2.41. The second kappa shape index (κ2) is 7.72. The van der Waals surface area contributed by atoms with Gasteiger partial charge in [0.2, 0.25) is 11.8 Å². The first kappa shape index (κ1) is 18.2. The first-order valence-electron chi connectivity index (χ1n) is 8.95. The Balaban J connectivity index is 1.65. The zero-order valence-corrected chi connectivity index (χ0v) is 14.8. The standard InChI is InChI=1S/C18H25N5O3/c19-17(26)21-10-16(25)22-8-2-5-18(12-22)6-4-15(24)23(13-18)11-14-3-1-7-20-9-14/h1,3,7,9H,2,4-6,8,10-13H2,(H3,19,21,26). The van der Waals surface area contributed by atoms with Crippen LogP contribution in [0.25, 0.3) is 0 Å². The molecular formula is C18H25N5O3. The van der Waals surface area contributed by atoms with Crippen LogP contribution in [0.3, 0.4) is 0 Å². The van der Waals surface area contributed by atoms with Crippen molar-refractivity contribution in [3.8, 4) is 0 Å². The lowest BCUT2D eigenvalue weighted by Gasteiger charge is -2.48. The smallest absolute Gasteiger partial charge is 0.312 e. The fraction of sp³-hybridized carbons (Fsp3) is 0.556. The van der Waals surface area contributed by atoms with Gasteiger partial charge in [-0.2, -0.15) is 0 Å². The van der Waals surface area contributed by atoms with Crippen LogP contribution in [0.15, 0.2) is 24.5 Å². The van der Waals surface area contributed by atoms with Gasteiger partial charge in [0.25, 0.3) is 0 Å². The minimum atomic E-state index is -0.698. The molecule has 2 saturated heterocycles. The van der Waals surface area contributed by atoms with Crippen molar-refractivity contribution in [3.63, 3.8) is 0 Å². The van der Waals surface area contributed by atoms with Crippen LogP contribution in [0, 0.1) is 5.41 Å². The van der Waals surface area contributed by atoms with Crippen molar-refractivity contribution in [2.24, 2.45) is 11.1 Å². The van der Waals surface area contributed by atoms with Gasteiger partial charge in [-0.05, 0) is 30.9 Å².